The molecule has 0 atom stereocenters. The summed E-state index contributed by atoms with van der Waals surface area (Å²) in [6.45, 7) is 2.33. The molecule has 1 amide bonds. The van der Waals surface area contributed by atoms with Gasteiger partial charge >= 0.3 is 0 Å². The van der Waals surface area contributed by atoms with Crippen LogP contribution < -0.4 is 5.32 Å². The molecule has 1 fully saturated rings. The minimum atomic E-state index is -0.229. The zero-order valence-corrected chi connectivity index (χ0v) is 13.4. The largest absolute Gasteiger partial charge is 0.462 e. The van der Waals surface area contributed by atoms with Crippen molar-refractivity contribution in [3.63, 3.8) is 0 Å². The standard InChI is InChI=1S/C16H15N3O3S/c1-9-14(23-16(18-9)12-3-2-6-21-12)8-17-15(20)11-7-13(22-19-11)10-4-5-10/h2-3,6-7,10H,4-5,8H2,1H3,(H,17,20). The molecule has 4 rings (SSSR count). The smallest absolute Gasteiger partial charge is 0.273 e. The lowest BCUT2D eigenvalue weighted by Crippen LogP contribution is -2.22. The van der Waals surface area contributed by atoms with E-state index in [-0.39, 0.29) is 5.91 Å². The van der Waals surface area contributed by atoms with E-state index in [9.17, 15) is 4.79 Å². The van der Waals surface area contributed by atoms with Crippen molar-refractivity contribution in [2.75, 3.05) is 0 Å². The molecule has 23 heavy (non-hydrogen) atoms. The van der Waals surface area contributed by atoms with Crippen LogP contribution in [0, 0.1) is 6.92 Å². The highest BCUT2D eigenvalue weighted by Crippen LogP contribution is 2.40. The van der Waals surface area contributed by atoms with Crippen molar-refractivity contribution < 1.29 is 13.7 Å². The second-order valence-corrected chi connectivity index (χ2v) is 6.66. The Morgan fingerprint density at radius 1 is 1.48 bits per heavy atom. The highest BCUT2D eigenvalue weighted by atomic mass is 32.1. The van der Waals surface area contributed by atoms with Crippen molar-refractivity contribution in [1.82, 2.24) is 15.5 Å². The van der Waals surface area contributed by atoms with Crippen LogP contribution in [-0.4, -0.2) is 16.0 Å². The Morgan fingerprint density at radius 3 is 3.09 bits per heavy atom. The first-order valence-corrected chi connectivity index (χ1v) is 8.27. The van der Waals surface area contributed by atoms with Crippen LogP contribution in [0.15, 0.2) is 33.4 Å². The van der Waals surface area contributed by atoms with Gasteiger partial charge in [0, 0.05) is 16.9 Å². The number of aryl methyl sites for hydroxylation is 1. The van der Waals surface area contributed by atoms with Gasteiger partial charge in [-0.05, 0) is 31.9 Å². The Labute approximate surface area is 136 Å². The number of nitrogens with one attached hydrogen (secondary N) is 1. The monoisotopic (exact) mass is 329 g/mol. The Kier molecular flexibility index (Phi) is 3.49. The summed E-state index contributed by atoms with van der Waals surface area (Å²) in [5.74, 6) is 1.77. The number of hydrogen-bond donors (Lipinski definition) is 1. The number of thiazole rings is 1. The summed E-state index contributed by atoms with van der Waals surface area (Å²) in [5, 5.41) is 7.52. The summed E-state index contributed by atoms with van der Waals surface area (Å²) in [6.07, 6.45) is 3.85. The van der Waals surface area contributed by atoms with Crippen LogP contribution in [0.3, 0.4) is 0 Å². The lowest BCUT2D eigenvalue weighted by atomic mass is 10.3. The zero-order chi connectivity index (χ0) is 15.8. The summed E-state index contributed by atoms with van der Waals surface area (Å²) < 4.78 is 10.6. The lowest BCUT2D eigenvalue weighted by Gasteiger charge is -2.00. The second-order valence-electron chi connectivity index (χ2n) is 5.58. The molecule has 3 aromatic heterocycles. The van der Waals surface area contributed by atoms with E-state index in [2.05, 4.69) is 15.5 Å². The first-order chi connectivity index (χ1) is 11.2. The number of rotatable bonds is 5. The van der Waals surface area contributed by atoms with Gasteiger partial charge in [0.2, 0.25) is 0 Å². The molecule has 7 heteroatoms. The van der Waals surface area contributed by atoms with E-state index in [1.165, 1.54) is 11.3 Å². The van der Waals surface area contributed by atoms with E-state index < -0.39 is 0 Å². The number of furan rings is 1. The lowest BCUT2D eigenvalue weighted by molar-refractivity contribution is 0.0942. The maximum atomic E-state index is 12.2. The quantitative estimate of drug-likeness (QED) is 0.774. The van der Waals surface area contributed by atoms with Crippen LogP contribution in [0.1, 0.15) is 45.6 Å². The van der Waals surface area contributed by atoms with Gasteiger partial charge in [-0.3, -0.25) is 4.79 Å². The molecular weight excluding hydrogens is 314 g/mol. The molecule has 0 aliphatic heterocycles. The van der Waals surface area contributed by atoms with Crippen LogP contribution >= 0.6 is 11.3 Å². The molecule has 6 nitrogen and oxygen atoms in total. The van der Waals surface area contributed by atoms with E-state index in [0.717, 1.165) is 39.9 Å². The van der Waals surface area contributed by atoms with Crippen LogP contribution in [0.2, 0.25) is 0 Å². The molecule has 0 radical (unpaired) electrons. The van der Waals surface area contributed by atoms with Crippen molar-refractivity contribution in [2.24, 2.45) is 0 Å². The van der Waals surface area contributed by atoms with Gasteiger partial charge in [-0.15, -0.1) is 11.3 Å². The van der Waals surface area contributed by atoms with Gasteiger partial charge in [0.15, 0.2) is 16.5 Å². The van der Waals surface area contributed by atoms with Crippen LogP contribution in [0.5, 0.6) is 0 Å². The number of carbonyl (C=O) groups is 1. The first-order valence-electron chi connectivity index (χ1n) is 7.45. The highest BCUT2D eigenvalue weighted by Gasteiger charge is 2.28. The van der Waals surface area contributed by atoms with Gasteiger partial charge < -0.3 is 14.3 Å². The molecule has 3 heterocycles. The molecule has 118 valence electrons. The summed E-state index contributed by atoms with van der Waals surface area (Å²) in [7, 11) is 0. The van der Waals surface area contributed by atoms with E-state index in [1.54, 1.807) is 12.3 Å². The van der Waals surface area contributed by atoms with E-state index in [0.29, 0.717) is 18.2 Å². The fraction of sp³-hybridized carbons (Fsp3) is 0.312. The van der Waals surface area contributed by atoms with Crippen molar-refractivity contribution in [1.29, 1.82) is 0 Å². The maximum Gasteiger partial charge on any atom is 0.273 e. The molecule has 0 spiro atoms. The number of nitrogens with zero attached hydrogens (tertiary/aromatic N) is 2. The average molecular weight is 329 g/mol. The minimum absolute atomic E-state index is 0.229. The van der Waals surface area contributed by atoms with Gasteiger partial charge in [0.25, 0.3) is 5.91 Å². The van der Waals surface area contributed by atoms with Crippen LogP contribution in [0.25, 0.3) is 10.8 Å². The number of amides is 1. The van der Waals surface area contributed by atoms with Crippen molar-refractivity contribution in [2.45, 2.75) is 32.2 Å². The maximum absolute atomic E-state index is 12.2. The third-order valence-corrected chi connectivity index (χ3v) is 4.95. The predicted molar refractivity (Wildman–Crippen MR) is 84.2 cm³/mol. The summed E-state index contributed by atoms with van der Waals surface area (Å²) in [5.41, 5.74) is 1.22. The molecule has 0 aromatic carbocycles. The molecule has 1 N–H and O–H groups in total. The Bertz CT molecular complexity index is 831. The highest BCUT2D eigenvalue weighted by molar-refractivity contribution is 7.15. The van der Waals surface area contributed by atoms with Gasteiger partial charge in [-0.1, -0.05) is 5.16 Å². The number of hydrogen-bond acceptors (Lipinski definition) is 6. The number of aromatic nitrogens is 2. The van der Waals surface area contributed by atoms with Crippen molar-refractivity contribution >= 4 is 17.2 Å². The molecule has 0 unspecified atom stereocenters. The third kappa shape index (κ3) is 2.92. The molecular formula is C16H15N3O3S. The minimum Gasteiger partial charge on any atom is -0.462 e. The summed E-state index contributed by atoms with van der Waals surface area (Å²) in [4.78, 5) is 17.6. The van der Waals surface area contributed by atoms with Gasteiger partial charge in [0.1, 0.15) is 5.76 Å². The third-order valence-electron chi connectivity index (χ3n) is 3.77. The average Bonchev–Trinajstić information content (AvgIpc) is 2.98. The summed E-state index contributed by atoms with van der Waals surface area (Å²) in [6, 6.07) is 5.44. The van der Waals surface area contributed by atoms with Crippen LogP contribution in [0.4, 0.5) is 0 Å². The predicted octanol–water partition coefficient (Wildman–Crippen LogP) is 3.51. The molecule has 1 aliphatic rings. The molecule has 3 aromatic rings. The molecule has 0 bridgehead atoms. The first kappa shape index (κ1) is 14.2. The fourth-order valence-corrected chi connectivity index (χ4v) is 3.28. The Balaban J connectivity index is 1.42. The second kappa shape index (κ2) is 5.66. The summed E-state index contributed by atoms with van der Waals surface area (Å²) >= 11 is 1.51. The molecule has 1 saturated carbocycles. The van der Waals surface area contributed by atoms with E-state index in [1.807, 2.05) is 19.1 Å². The normalized spacial score (nSPS) is 14.1. The van der Waals surface area contributed by atoms with Crippen molar-refractivity contribution in [3.8, 4) is 10.8 Å². The van der Waals surface area contributed by atoms with Crippen LogP contribution in [-0.2, 0) is 6.54 Å². The Hall–Kier alpha value is -2.41. The fourth-order valence-electron chi connectivity index (χ4n) is 2.31. The number of carbonyl (C=O) groups excluding carboxylic acids is 1. The van der Waals surface area contributed by atoms with E-state index in [4.69, 9.17) is 8.94 Å². The Morgan fingerprint density at radius 2 is 2.35 bits per heavy atom. The van der Waals surface area contributed by atoms with E-state index >= 15 is 0 Å². The SMILES string of the molecule is Cc1nc(-c2ccco2)sc1CNC(=O)c1cc(C2CC2)on1. The van der Waals surface area contributed by atoms with Crippen molar-refractivity contribution in [3.05, 3.63) is 46.5 Å². The molecule has 1 aliphatic carbocycles. The molecule has 0 saturated heterocycles. The zero-order valence-electron chi connectivity index (χ0n) is 12.5. The van der Waals surface area contributed by atoms with Gasteiger partial charge in [-0.25, -0.2) is 4.98 Å². The van der Waals surface area contributed by atoms with Gasteiger partial charge in [-0.2, -0.15) is 0 Å². The topological polar surface area (TPSA) is 81.2 Å². The van der Waals surface area contributed by atoms with Gasteiger partial charge in [0.05, 0.1) is 18.5 Å².